The Balaban J connectivity index is 1.84. The highest BCUT2D eigenvalue weighted by Crippen LogP contribution is 2.18. The number of ether oxygens (including phenoxy) is 1. The molecule has 2 unspecified atom stereocenters. The summed E-state index contributed by atoms with van der Waals surface area (Å²) in [6.45, 7) is 6.85. The molecule has 1 N–H and O–H groups in total. The summed E-state index contributed by atoms with van der Waals surface area (Å²) in [5, 5.41) is 3.41. The molecule has 4 nitrogen and oxygen atoms in total. The molecule has 114 valence electrons. The molecule has 2 aliphatic rings. The van der Waals surface area contributed by atoms with Crippen LogP contribution < -0.4 is 5.32 Å². The van der Waals surface area contributed by atoms with Gasteiger partial charge in [0.05, 0.1) is 6.61 Å². The van der Waals surface area contributed by atoms with Crippen LogP contribution in [0.4, 0.5) is 0 Å². The maximum absolute atomic E-state index is 5.46. The first-order valence-corrected chi connectivity index (χ1v) is 8.01. The van der Waals surface area contributed by atoms with Crippen LogP contribution in [-0.4, -0.2) is 50.8 Å². The molecule has 0 spiro atoms. The third-order valence-corrected chi connectivity index (χ3v) is 4.13. The number of hydrogen-bond acceptors (Lipinski definition) is 2. The van der Waals surface area contributed by atoms with Gasteiger partial charge in [-0.15, -0.1) is 0 Å². The minimum atomic E-state index is 0.654. The number of aliphatic imine (C=N–C) groups is 1. The van der Waals surface area contributed by atoms with Crippen LogP contribution in [0, 0.1) is 11.8 Å². The number of rotatable bonds is 5. The van der Waals surface area contributed by atoms with Crippen molar-refractivity contribution in [3.8, 4) is 0 Å². The van der Waals surface area contributed by atoms with Crippen molar-refractivity contribution >= 4 is 5.96 Å². The minimum Gasteiger partial charge on any atom is -0.381 e. The van der Waals surface area contributed by atoms with E-state index in [4.69, 9.17) is 9.73 Å². The van der Waals surface area contributed by atoms with E-state index in [-0.39, 0.29) is 0 Å². The van der Waals surface area contributed by atoms with Crippen LogP contribution in [0.5, 0.6) is 0 Å². The molecule has 2 atom stereocenters. The Labute approximate surface area is 123 Å². The summed E-state index contributed by atoms with van der Waals surface area (Å²) in [4.78, 5) is 7.10. The molecule has 0 aromatic heterocycles. The van der Waals surface area contributed by atoms with Crippen molar-refractivity contribution in [2.75, 3.05) is 39.9 Å². The quantitative estimate of drug-likeness (QED) is 0.476. The van der Waals surface area contributed by atoms with E-state index >= 15 is 0 Å². The minimum absolute atomic E-state index is 0.654. The first kappa shape index (κ1) is 15.4. The average molecular weight is 279 g/mol. The second-order valence-corrected chi connectivity index (χ2v) is 5.96. The van der Waals surface area contributed by atoms with Crippen LogP contribution in [0.1, 0.15) is 32.6 Å². The van der Waals surface area contributed by atoms with Crippen molar-refractivity contribution in [2.45, 2.75) is 32.6 Å². The van der Waals surface area contributed by atoms with Crippen molar-refractivity contribution in [3.05, 3.63) is 12.2 Å². The summed E-state index contributed by atoms with van der Waals surface area (Å²) in [6, 6.07) is 0. The lowest BCUT2D eigenvalue weighted by atomic mass is 9.95. The summed E-state index contributed by atoms with van der Waals surface area (Å²) in [6.07, 6.45) is 9.44. The molecule has 0 amide bonds. The fourth-order valence-electron chi connectivity index (χ4n) is 2.91. The Morgan fingerprint density at radius 1 is 1.35 bits per heavy atom. The third kappa shape index (κ3) is 4.82. The summed E-state index contributed by atoms with van der Waals surface area (Å²) in [5.41, 5.74) is 0. The van der Waals surface area contributed by atoms with Gasteiger partial charge in [-0.2, -0.15) is 0 Å². The predicted octanol–water partition coefficient (Wildman–Crippen LogP) is 2.28. The molecule has 0 saturated carbocycles. The lowest BCUT2D eigenvalue weighted by Crippen LogP contribution is -2.41. The smallest absolute Gasteiger partial charge is 0.193 e. The number of hydrogen-bond donors (Lipinski definition) is 1. The molecule has 1 heterocycles. The van der Waals surface area contributed by atoms with Crippen LogP contribution in [0.25, 0.3) is 0 Å². The van der Waals surface area contributed by atoms with Crippen LogP contribution in [0.2, 0.25) is 0 Å². The molecular weight excluding hydrogens is 250 g/mol. The van der Waals surface area contributed by atoms with E-state index in [1.165, 1.54) is 25.7 Å². The Bertz CT molecular complexity index is 335. The molecule has 1 aliphatic heterocycles. The van der Waals surface area contributed by atoms with Crippen molar-refractivity contribution in [1.82, 2.24) is 10.2 Å². The lowest BCUT2D eigenvalue weighted by molar-refractivity contribution is 0.181. The normalized spacial score (nSPS) is 26.8. The zero-order valence-corrected chi connectivity index (χ0v) is 13.0. The van der Waals surface area contributed by atoms with E-state index < -0.39 is 0 Å². The van der Waals surface area contributed by atoms with Gasteiger partial charge in [0.1, 0.15) is 0 Å². The first-order valence-electron chi connectivity index (χ1n) is 8.01. The topological polar surface area (TPSA) is 36.9 Å². The number of allylic oxidation sites excluding steroid dienone is 2. The van der Waals surface area contributed by atoms with Crippen molar-refractivity contribution in [1.29, 1.82) is 0 Å². The zero-order valence-electron chi connectivity index (χ0n) is 13.0. The van der Waals surface area contributed by atoms with Gasteiger partial charge in [0.2, 0.25) is 0 Å². The van der Waals surface area contributed by atoms with Gasteiger partial charge in [0.25, 0.3) is 0 Å². The molecule has 0 radical (unpaired) electrons. The highest BCUT2D eigenvalue weighted by atomic mass is 16.5. The Morgan fingerprint density at radius 2 is 2.25 bits per heavy atom. The second-order valence-electron chi connectivity index (χ2n) is 5.96. The molecule has 2 rings (SSSR count). The van der Waals surface area contributed by atoms with Gasteiger partial charge in [-0.05, 0) is 38.5 Å². The van der Waals surface area contributed by atoms with Gasteiger partial charge in [-0.1, -0.05) is 12.2 Å². The number of nitrogens with one attached hydrogen (secondary N) is 1. The Kier molecular flexibility index (Phi) is 6.37. The standard InChI is InChI=1S/C16H29N3O/c1-3-17-16(18-11-14-7-5-4-6-8-14)19(2)12-15-9-10-20-13-15/h4-5,14-15H,3,6-13H2,1-2H3,(H,17,18). The van der Waals surface area contributed by atoms with Gasteiger partial charge in [-0.3, -0.25) is 4.99 Å². The summed E-state index contributed by atoms with van der Waals surface area (Å²) >= 11 is 0. The maximum atomic E-state index is 5.46. The van der Waals surface area contributed by atoms with Crippen LogP contribution in [0.15, 0.2) is 17.1 Å². The fourth-order valence-corrected chi connectivity index (χ4v) is 2.91. The van der Waals surface area contributed by atoms with Crippen LogP contribution in [0.3, 0.4) is 0 Å². The molecule has 20 heavy (non-hydrogen) atoms. The molecule has 0 aromatic carbocycles. The van der Waals surface area contributed by atoms with Crippen molar-refractivity contribution in [2.24, 2.45) is 16.8 Å². The van der Waals surface area contributed by atoms with Gasteiger partial charge in [0.15, 0.2) is 5.96 Å². The zero-order chi connectivity index (χ0) is 14.2. The van der Waals surface area contributed by atoms with E-state index in [1.807, 2.05) is 0 Å². The molecule has 1 aliphatic carbocycles. The fraction of sp³-hybridized carbons (Fsp3) is 0.812. The lowest BCUT2D eigenvalue weighted by Gasteiger charge is -2.25. The summed E-state index contributed by atoms with van der Waals surface area (Å²) in [5.74, 6) is 2.42. The van der Waals surface area contributed by atoms with E-state index in [1.54, 1.807) is 0 Å². The predicted molar refractivity (Wildman–Crippen MR) is 84.0 cm³/mol. The molecule has 0 bridgehead atoms. The largest absolute Gasteiger partial charge is 0.381 e. The second kappa shape index (κ2) is 8.30. The molecule has 0 aromatic rings. The van der Waals surface area contributed by atoms with Gasteiger partial charge < -0.3 is 15.0 Å². The van der Waals surface area contributed by atoms with E-state index in [0.29, 0.717) is 5.92 Å². The monoisotopic (exact) mass is 279 g/mol. The highest BCUT2D eigenvalue weighted by Gasteiger charge is 2.19. The maximum Gasteiger partial charge on any atom is 0.193 e. The van der Waals surface area contributed by atoms with Crippen LogP contribution >= 0.6 is 0 Å². The average Bonchev–Trinajstić information content (AvgIpc) is 2.97. The van der Waals surface area contributed by atoms with E-state index in [9.17, 15) is 0 Å². The van der Waals surface area contributed by atoms with E-state index in [0.717, 1.165) is 44.7 Å². The molecule has 4 heteroatoms. The Hall–Kier alpha value is -1.03. The Morgan fingerprint density at radius 3 is 2.90 bits per heavy atom. The molecule has 1 saturated heterocycles. The first-order chi connectivity index (χ1) is 9.79. The number of guanidine groups is 1. The van der Waals surface area contributed by atoms with Crippen molar-refractivity contribution < 1.29 is 4.74 Å². The number of nitrogens with zero attached hydrogens (tertiary/aromatic N) is 2. The van der Waals surface area contributed by atoms with Gasteiger partial charge in [0, 0.05) is 39.2 Å². The molecule has 1 fully saturated rings. The highest BCUT2D eigenvalue weighted by molar-refractivity contribution is 5.79. The van der Waals surface area contributed by atoms with Crippen LogP contribution in [-0.2, 0) is 4.74 Å². The third-order valence-electron chi connectivity index (χ3n) is 4.13. The summed E-state index contributed by atoms with van der Waals surface area (Å²) < 4.78 is 5.46. The van der Waals surface area contributed by atoms with Gasteiger partial charge >= 0.3 is 0 Å². The van der Waals surface area contributed by atoms with Gasteiger partial charge in [-0.25, -0.2) is 0 Å². The van der Waals surface area contributed by atoms with E-state index in [2.05, 4.69) is 36.3 Å². The summed E-state index contributed by atoms with van der Waals surface area (Å²) in [7, 11) is 2.14. The SMILES string of the molecule is CCNC(=NCC1CC=CCC1)N(C)CC1CCOC1. The van der Waals surface area contributed by atoms with Crippen molar-refractivity contribution in [3.63, 3.8) is 0 Å². The molecular formula is C16H29N3O.